The minimum Gasteiger partial charge on any atom is -0.389 e. The van der Waals surface area contributed by atoms with Crippen LogP contribution in [0.3, 0.4) is 0 Å². The lowest BCUT2D eigenvalue weighted by Gasteiger charge is -2.17. The Balaban J connectivity index is 3.11. The van der Waals surface area contributed by atoms with Gasteiger partial charge in [0.25, 0.3) is 0 Å². The first-order chi connectivity index (χ1) is 9.16. The van der Waals surface area contributed by atoms with E-state index in [9.17, 15) is 12.8 Å². The van der Waals surface area contributed by atoms with E-state index in [1.807, 2.05) is 20.8 Å². The average molecular weight is 318 g/mol. The second kappa shape index (κ2) is 6.60. The molecule has 0 spiro atoms. The van der Waals surface area contributed by atoms with E-state index in [2.05, 4.69) is 4.72 Å². The molecule has 0 heterocycles. The number of halogens is 1. The first-order valence-corrected chi connectivity index (χ1v) is 8.14. The quantitative estimate of drug-likeness (QED) is 0.787. The molecule has 1 rings (SSSR count). The Morgan fingerprint density at radius 2 is 2.00 bits per heavy atom. The number of hydrogen-bond acceptors (Lipinski definition) is 3. The maximum atomic E-state index is 13.7. The molecule has 3 N–H and O–H groups in total. The van der Waals surface area contributed by atoms with Crippen molar-refractivity contribution in [2.24, 2.45) is 17.6 Å². The van der Waals surface area contributed by atoms with E-state index < -0.39 is 15.8 Å². The average Bonchev–Trinajstić information content (AvgIpc) is 2.35. The van der Waals surface area contributed by atoms with Crippen LogP contribution in [0, 0.1) is 17.7 Å². The monoisotopic (exact) mass is 318 g/mol. The van der Waals surface area contributed by atoms with Crippen molar-refractivity contribution in [1.82, 2.24) is 4.72 Å². The van der Waals surface area contributed by atoms with Crippen molar-refractivity contribution in [2.45, 2.75) is 25.7 Å². The highest BCUT2D eigenvalue weighted by Crippen LogP contribution is 2.19. The highest BCUT2D eigenvalue weighted by Gasteiger charge is 2.23. The summed E-state index contributed by atoms with van der Waals surface area (Å²) >= 11 is 4.73. The molecule has 0 aliphatic heterocycles. The smallest absolute Gasteiger partial charge is 0.241 e. The molecular weight excluding hydrogens is 299 g/mol. The van der Waals surface area contributed by atoms with Crippen molar-refractivity contribution < 1.29 is 12.8 Å². The summed E-state index contributed by atoms with van der Waals surface area (Å²) in [7, 11) is -3.84. The molecule has 4 nitrogen and oxygen atoms in total. The minimum atomic E-state index is -3.84. The summed E-state index contributed by atoms with van der Waals surface area (Å²) in [4.78, 5) is -0.499. The normalized spacial score (nSPS) is 13.4. The van der Waals surface area contributed by atoms with Gasteiger partial charge in [-0.2, -0.15) is 0 Å². The van der Waals surface area contributed by atoms with E-state index in [1.54, 1.807) is 0 Å². The van der Waals surface area contributed by atoms with Crippen molar-refractivity contribution >= 4 is 27.2 Å². The van der Waals surface area contributed by atoms with Crippen LogP contribution in [0.1, 0.15) is 26.3 Å². The molecule has 1 atom stereocenters. The fraction of sp³-hybridized carbons (Fsp3) is 0.462. The second-order valence-electron chi connectivity index (χ2n) is 5.05. The van der Waals surface area contributed by atoms with Gasteiger partial charge >= 0.3 is 0 Å². The molecule has 0 saturated heterocycles. The Hall–Kier alpha value is -1.05. The van der Waals surface area contributed by atoms with Gasteiger partial charge < -0.3 is 5.73 Å². The van der Waals surface area contributed by atoms with Crippen LogP contribution in [0.25, 0.3) is 0 Å². The molecule has 1 unspecified atom stereocenters. The predicted octanol–water partition coefficient (Wildman–Crippen LogP) is 2.03. The van der Waals surface area contributed by atoms with Gasteiger partial charge in [0.15, 0.2) is 0 Å². The molecular formula is C13H19FN2O2S2. The first-order valence-electron chi connectivity index (χ1n) is 6.24. The molecule has 0 aliphatic rings. The SMILES string of the molecule is CC(C)C(C)CNS(=O)(=O)c1cccc(F)c1C(N)=S. The summed E-state index contributed by atoms with van der Waals surface area (Å²) < 4.78 is 40.7. The van der Waals surface area contributed by atoms with Crippen molar-refractivity contribution in [3.63, 3.8) is 0 Å². The largest absolute Gasteiger partial charge is 0.389 e. The van der Waals surface area contributed by atoms with Crippen molar-refractivity contribution in [2.75, 3.05) is 6.54 Å². The Morgan fingerprint density at radius 3 is 2.50 bits per heavy atom. The Labute approximate surface area is 124 Å². The van der Waals surface area contributed by atoms with Gasteiger partial charge in [0.1, 0.15) is 10.8 Å². The highest BCUT2D eigenvalue weighted by atomic mass is 32.2. The number of benzene rings is 1. The van der Waals surface area contributed by atoms with Crippen molar-refractivity contribution in [1.29, 1.82) is 0 Å². The molecule has 0 aromatic heterocycles. The zero-order chi connectivity index (χ0) is 15.5. The Morgan fingerprint density at radius 1 is 1.40 bits per heavy atom. The van der Waals surface area contributed by atoms with Gasteiger partial charge in [-0.25, -0.2) is 17.5 Å². The summed E-state index contributed by atoms with van der Waals surface area (Å²) in [5.41, 5.74) is 5.17. The summed E-state index contributed by atoms with van der Waals surface area (Å²) in [6.07, 6.45) is 0. The van der Waals surface area contributed by atoms with Gasteiger partial charge in [0.2, 0.25) is 10.0 Å². The molecule has 0 saturated carbocycles. The second-order valence-corrected chi connectivity index (χ2v) is 7.23. The zero-order valence-electron chi connectivity index (χ0n) is 11.7. The lowest BCUT2D eigenvalue weighted by molar-refractivity contribution is 0.414. The van der Waals surface area contributed by atoms with Crippen LogP contribution in [0.4, 0.5) is 4.39 Å². The fourth-order valence-electron chi connectivity index (χ4n) is 1.52. The number of thiocarbonyl (C=S) groups is 1. The van der Waals surface area contributed by atoms with Gasteiger partial charge in [-0.05, 0) is 24.0 Å². The number of sulfonamides is 1. The van der Waals surface area contributed by atoms with E-state index in [1.165, 1.54) is 12.1 Å². The van der Waals surface area contributed by atoms with Gasteiger partial charge in [-0.1, -0.05) is 39.1 Å². The van der Waals surface area contributed by atoms with Gasteiger partial charge in [-0.3, -0.25) is 0 Å². The molecule has 112 valence electrons. The van der Waals surface area contributed by atoms with Gasteiger partial charge in [-0.15, -0.1) is 0 Å². The molecule has 0 radical (unpaired) electrons. The van der Waals surface area contributed by atoms with Crippen LogP contribution >= 0.6 is 12.2 Å². The third kappa shape index (κ3) is 3.97. The lowest BCUT2D eigenvalue weighted by Crippen LogP contribution is -2.32. The molecule has 1 aromatic rings. The minimum absolute atomic E-state index is 0.159. The highest BCUT2D eigenvalue weighted by molar-refractivity contribution is 7.89. The first kappa shape index (κ1) is 17.0. The van der Waals surface area contributed by atoms with Crippen LogP contribution in [-0.2, 0) is 10.0 Å². The van der Waals surface area contributed by atoms with Crippen molar-refractivity contribution in [3.8, 4) is 0 Å². The maximum Gasteiger partial charge on any atom is 0.241 e. The number of hydrogen-bond donors (Lipinski definition) is 2. The lowest BCUT2D eigenvalue weighted by atomic mass is 9.99. The van der Waals surface area contributed by atoms with Crippen LogP contribution in [-0.4, -0.2) is 20.0 Å². The van der Waals surface area contributed by atoms with E-state index in [0.717, 1.165) is 6.07 Å². The third-order valence-corrected chi connectivity index (χ3v) is 4.91. The molecule has 0 amide bonds. The van der Waals surface area contributed by atoms with Crippen molar-refractivity contribution in [3.05, 3.63) is 29.6 Å². The summed E-state index contributed by atoms with van der Waals surface area (Å²) in [6, 6.07) is 3.74. The van der Waals surface area contributed by atoms with Gasteiger partial charge in [0, 0.05) is 6.54 Å². The number of rotatable bonds is 6. The number of nitrogens with one attached hydrogen (secondary N) is 1. The topological polar surface area (TPSA) is 72.2 Å². The molecule has 0 aliphatic carbocycles. The van der Waals surface area contributed by atoms with Crippen LogP contribution < -0.4 is 10.5 Å². The number of nitrogens with two attached hydrogens (primary N) is 1. The predicted molar refractivity (Wildman–Crippen MR) is 81.5 cm³/mol. The molecule has 20 heavy (non-hydrogen) atoms. The maximum absolute atomic E-state index is 13.7. The fourth-order valence-corrected chi connectivity index (χ4v) is 3.17. The molecule has 0 fully saturated rings. The van der Waals surface area contributed by atoms with E-state index in [4.69, 9.17) is 18.0 Å². The Kier molecular flexibility index (Phi) is 5.61. The Bertz CT molecular complexity index is 600. The molecule has 1 aromatic carbocycles. The van der Waals surface area contributed by atoms with E-state index in [0.29, 0.717) is 5.92 Å². The summed E-state index contributed by atoms with van der Waals surface area (Å²) in [5, 5.41) is 0. The van der Waals surface area contributed by atoms with Crippen LogP contribution in [0.15, 0.2) is 23.1 Å². The molecule has 0 bridgehead atoms. The van der Waals surface area contributed by atoms with Gasteiger partial charge in [0.05, 0.1) is 10.5 Å². The van der Waals surface area contributed by atoms with E-state index >= 15 is 0 Å². The van der Waals surface area contributed by atoms with Crippen LogP contribution in [0.2, 0.25) is 0 Å². The van der Waals surface area contributed by atoms with E-state index in [-0.39, 0.29) is 27.9 Å². The zero-order valence-corrected chi connectivity index (χ0v) is 13.3. The third-order valence-electron chi connectivity index (χ3n) is 3.24. The summed E-state index contributed by atoms with van der Waals surface area (Å²) in [5.74, 6) is -0.246. The van der Waals surface area contributed by atoms with Crippen LogP contribution in [0.5, 0.6) is 0 Å². The summed E-state index contributed by atoms with van der Waals surface area (Å²) in [6.45, 7) is 6.21. The molecule has 7 heteroatoms. The standard InChI is InChI=1S/C13H19FN2O2S2/c1-8(2)9(3)7-16-20(17,18)11-6-4-5-10(14)12(11)13(15)19/h4-6,8-9,16H,7H2,1-3H3,(H2,15,19).